The van der Waals surface area contributed by atoms with E-state index in [1.807, 2.05) is 29.2 Å². The third-order valence-electron chi connectivity index (χ3n) is 5.24. The number of carbonyl (C=O) groups excluding carboxylic acids is 1. The molecule has 1 aliphatic carbocycles. The first-order chi connectivity index (χ1) is 10.7. The number of benzene rings is 1. The fourth-order valence-corrected chi connectivity index (χ4v) is 4.23. The second kappa shape index (κ2) is 7.01. The number of amides is 1. The van der Waals surface area contributed by atoms with E-state index in [9.17, 15) is 4.79 Å². The second-order valence-corrected chi connectivity index (χ2v) is 7.09. The highest BCUT2D eigenvalue weighted by Crippen LogP contribution is 2.37. The Morgan fingerprint density at radius 3 is 2.73 bits per heavy atom. The zero-order valence-electron chi connectivity index (χ0n) is 13.0. The number of likely N-dealkylation sites (tertiary alicyclic amines) is 1. The largest absolute Gasteiger partial charge is 0.336 e. The normalized spacial score (nSPS) is 28.8. The van der Waals surface area contributed by atoms with Crippen molar-refractivity contribution in [1.82, 2.24) is 4.90 Å². The topological polar surface area (TPSA) is 46.3 Å². The van der Waals surface area contributed by atoms with Gasteiger partial charge in [-0.15, -0.1) is 0 Å². The van der Waals surface area contributed by atoms with Crippen molar-refractivity contribution in [2.24, 2.45) is 11.7 Å². The number of rotatable bonds is 3. The monoisotopic (exact) mass is 320 g/mol. The maximum atomic E-state index is 12.8. The van der Waals surface area contributed by atoms with E-state index in [0.29, 0.717) is 12.3 Å². The molecule has 3 nitrogen and oxygen atoms in total. The Balaban J connectivity index is 1.70. The third kappa shape index (κ3) is 3.31. The van der Waals surface area contributed by atoms with E-state index in [2.05, 4.69) is 0 Å². The van der Waals surface area contributed by atoms with Crippen LogP contribution in [0.2, 0.25) is 5.02 Å². The predicted octanol–water partition coefficient (Wildman–Crippen LogP) is 3.91. The van der Waals surface area contributed by atoms with E-state index >= 15 is 0 Å². The van der Waals surface area contributed by atoms with Crippen LogP contribution in [-0.4, -0.2) is 23.4 Å². The van der Waals surface area contributed by atoms with Gasteiger partial charge in [0.2, 0.25) is 5.91 Å². The summed E-state index contributed by atoms with van der Waals surface area (Å²) in [6.07, 6.45) is 7.23. The molecule has 0 aromatic heterocycles. The molecule has 0 bridgehead atoms. The number of halogens is 1. The molecule has 2 fully saturated rings. The van der Waals surface area contributed by atoms with Crippen LogP contribution in [0, 0.1) is 5.92 Å². The van der Waals surface area contributed by atoms with Crippen LogP contribution in [0.4, 0.5) is 0 Å². The first kappa shape index (κ1) is 15.8. The molecule has 3 atom stereocenters. The van der Waals surface area contributed by atoms with Gasteiger partial charge in [-0.25, -0.2) is 0 Å². The summed E-state index contributed by atoms with van der Waals surface area (Å²) >= 11 is 6.33. The highest BCUT2D eigenvalue weighted by atomic mass is 35.5. The lowest BCUT2D eigenvalue weighted by molar-refractivity contribution is -0.133. The molecule has 22 heavy (non-hydrogen) atoms. The molecule has 1 heterocycles. The Kier molecular flexibility index (Phi) is 5.04. The summed E-state index contributed by atoms with van der Waals surface area (Å²) in [6.45, 7) is 0.844. The first-order valence-corrected chi connectivity index (χ1v) is 8.84. The van der Waals surface area contributed by atoms with Crippen molar-refractivity contribution < 1.29 is 4.79 Å². The van der Waals surface area contributed by atoms with E-state index in [-0.39, 0.29) is 18.0 Å². The van der Waals surface area contributed by atoms with Crippen molar-refractivity contribution in [3.63, 3.8) is 0 Å². The van der Waals surface area contributed by atoms with Gasteiger partial charge < -0.3 is 10.6 Å². The minimum Gasteiger partial charge on any atom is -0.336 e. The van der Waals surface area contributed by atoms with Crippen LogP contribution in [0.5, 0.6) is 0 Å². The van der Waals surface area contributed by atoms with Gasteiger partial charge in [-0.1, -0.05) is 42.6 Å². The van der Waals surface area contributed by atoms with Crippen molar-refractivity contribution in [2.45, 2.75) is 57.0 Å². The molecule has 0 radical (unpaired) electrons. The van der Waals surface area contributed by atoms with Crippen LogP contribution in [-0.2, 0) is 4.79 Å². The van der Waals surface area contributed by atoms with Gasteiger partial charge >= 0.3 is 0 Å². The van der Waals surface area contributed by atoms with Crippen LogP contribution < -0.4 is 5.73 Å². The van der Waals surface area contributed by atoms with E-state index in [4.69, 9.17) is 17.3 Å². The smallest absolute Gasteiger partial charge is 0.223 e. The highest BCUT2D eigenvalue weighted by Gasteiger charge is 2.33. The van der Waals surface area contributed by atoms with Gasteiger partial charge in [0.15, 0.2) is 0 Å². The van der Waals surface area contributed by atoms with Crippen molar-refractivity contribution in [3.8, 4) is 0 Å². The molecule has 4 heteroatoms. The Bertz CT molecular complexity index is 534. The number of nitrogens with zero attached hydrogens (tertiary/aromatic N) is 1. The maximum absolute atomic E-state index is 12.8. The Morgan fingerprint density at radius 2 is 1.95 bits per heavy atom. The Labute approximate surface area is 137 Å². The Hall–Kier alpha value is -1.06. The van der Waals surface area contributed by atoms with Crippen molar-refractivity contribution in [1.29, 1.82) is 0 Å². The summed E-state index contributed by atoms with van der Waals surface area (Å²) in [4.78, 5) is 14.8. The van der Waals surface area contributed by atoms with Gasteiger partial charge in [0.05, 0.1) is 6.04 Å². The minimum atomic E-state index is 0.140. The minimum absolute atomic E-state index is 0.140. The number of hydrogen-bond acceptors (Lipinski definition) is 2. The molecule has 1 aromatic rings. The van der Waals surface area contributed by atoms with E-state index in [1.54, 1.807) is 0 Å². The molecular weight excluding hydrogens is 296 g/mol. The van der Waals surface area contributed by atoms with Crippen LogP contribution in [0.25, 0.3) is 0 Å². The third-order valence-corrected chi connectivity index (χ3v) is 5.59. The fourth-order valence-electron chi connectivity index (χ4n) is 3.97. The summed E-state index contributed by atoms with van der Waals surface area (Å²) in [5.74, 6) is 0.610. The van der Waals surface area contributed by atoms with Gasteiger partial charge in [0.1, 0.15) is 0 Å². The zero-order valence-corrected chi connectivity index (χ0v) is 13.8. The summed E-state index contributed by atoms with van der Waals surface area (Å²) < 4.78 is 0. The van der Waals surface area contributed by atoms with Gasteiger partial charge in [-0.3, -0.25) is 4.79 Å². The van der Waals surface area contributed by atoms with Crippen LogP contribution in [0.1, 0.15) is 56.6 Å². The van der Waals surface area contributed by atoms with Gasteiger partial charge in [-0.05, 0) is 43.2 Å². The molecule has 1 aromatic carbocycles. The summed E-state index contributed by atoms with van der Waals surface area (Å²) in [7, 11) is 0. The van der Waals surface area contributed by atoms with E-state index in [0.717, 1.165) is 42.8 Å². The summed E-state index contributed by atoms with van der Waals surface area (Å²) in [5.41, 5.74) is 7.29. The van der Waals surface area contributed by atoms with Crippen molar-refractivity contribution in [3.05, 3.63) is 34.9 Å². The average Bonchev–Trinajstić information content (AvgIpc) is 2.99. The molecule has 3 rings (SSSR count). The maximum Gasteiger partial charge on any atom is 0.223 e. The van der Waals surface area contributed by atoms with E-state index in [1.165, 1.54) is 12.8 Å². The van der Waals surface area contributed by atoms with Gasteiger partial charge in [0.25, 0.3) is 0 Å². The molecule has 120 valence electrons. The predicted molar refractivity (Wildman–Crippen MR) is 89.7 cm³/mol. The summed E-state index contributed by atoms with van der Waals surface area (Å²) in [6, 6.07) is 8.23. The van der Waals surface area contributed by atoms with Gasteiger partial charge in [0, 0.05) is 24.0 Å². The van der Waals surface area contributed by atoms with Crippen molar-refractivity contribution >= 4 is 17.5 Å². The Morgan fingerprint density at radius 1 is 1.18 bits per heavy atom. The van der Waals surface area contributed by atoms with E-state index < -0.39 is 0 Å². The number of hydrogen-bond donors (Lipinski definition) is 1. The lowest BCUT2D eigenvalue weighted by atomic mass is 9.82. The van der Waals surface area contributed by atoms with Crippen molar-refractivity contribution in [2.75, 3.05) is 6.54 Å². The fraction of sp³-hybridized carbons (Fsp3) is 0.611. The molecule has 2 N–H and O–H groups in total. The lowest BCUT2D eigenvalue weighted by Gasteiger charge is -2.31. The quantitative estimate of drug-likeness (QED) is 0.917. The molecular formula is C18H25ClN2O. The lowest BCUT2D eigenvalue weighted by Crippen LogP contribution is -2.38. The molecule has 0 spiro atoms. The van der Waals surface area contributed by atoms with Crippen LogP contribution in [0.15, 0.2) is 24.3 Å². The first-order valence-electron chi connectivity index (χ1n) is 8.46. The molecule has 2 aliphatic rings. The molecule has 1 aliphatic heterocycles. The molecule has 1 saturated heterocycles. The van der Waals surface area contributed by atoms with Crippen LogP contribution in [0.3, 0.4) is 0 Å². The standard InChI is InChI=1S/C18H25ClN2O/c19-15-8-3-2-7-14(15)17-10-5-11-21(17)18(22)12-13-6-1-4-9-16(13)20/h2-3,7-8,13,16-17H,1,4-6,9-12,20H2. The highest BCUT2D eigenvalue weighted by molar-refractivity contribution is 6.31. The molecule has 1 amide bonds. The molecule has 3 unspecified atom stereocenters. The molecule has 1 saturated carbocycles. The average molecular weight is 321 g/mol. The number of nitrogens with two attached hydrogens (primary N) is 1. The van der Waals surface area contributed by atoms with Crippen LogP contribution >= 0.6 is 11.6 Å². The zero-order chi connectivity index (χ0) is 15.5. The SMILES string of the molecule is NC1CCCCC1CC(=O)N1CCCC1c1ccccc1Cl. The number of carbonyl (C=O) groups is 1. The second-order valence-electron chi connectivity index (χ2n) is 6.68. The van der Waals surface area contributed by atoms with Gasteiger partial charge in [-0.2, -0.15) is 0 Å². The summed E-state index contributed by atoms with van der Waals surface area (Å²) in [5, 5.41) is 0.765.